The number of amides is 3. The normalized spacial score (nSPS) is 9.95. The minimum atomic E-state index is -0.577. The van der Waals surface area contributed by atoms with Crippen molar-refractivity contribution in [1.29, 1.82) is 0 Å². The Kier molecular flexibility index (Phi) is 4.94. The van der Waals surface area contributed by atoms with E-state index < -0.39 is 6.03 Å². The molecule has 0 bridgehead atoms. The number of hydrogen-bond donors (Lipinski definition) is 3. The van der Waals surface area contributed by atoms with E-state index in [1.54, 1.807) is 24.3 Å². The summed E-state index contributed by atoms with van der Waals surface area (Å²) in [4.78, 5) is 22.7. The highest BCUT2D eigenvalue weighted by atomic mass is 79.9. The molecule has 6 heteroatoms. The highest BCUT2D eigenvalue weighted by molar-refractivity contribution is 9.10. The van der Waals surface area contributed by atoms with E-state index in [1.807, 2.05) is 24.3 Å². The van der Waals surface area contributed by atoms with Crippen LogP contribution in [0.15, 0.2) is 53.0 Å². The van der Waals surface area contributed by atoms with Crippen molar-refractivity contribution in [3.8, 4) is 0 Å². The summed E-state index contributed by atoms with van der Waals surface area (Å²) in [6, 6.07) is 13.7. The SMILES string of the molecule is NC(=O)NCc1ccc(C(=O)Nc2cccc(Br)c2)cc1. The maximum atomic E-state index is 12.1. The second-order valence-electron chi connectivity index (χ2n) is 4.38. The summed E-state index contributed by atoms with van der Waals surface area (Å²) in [6.45, 7) is 0.336. The predicted octanol–water partition coefficient (Wildman–Crippen LogP) is 2.87. The van der Waals surface area contributed by atoms with E-state index in [0.29, 0.717) is 17.8 Å². The lowest BCUT2D eigenvalue weighted by atomic mass is 10.1. The Labute approximate surface area is 130 Å². The van der Waals surface area contributed by atoms with Crippen molar-refractivity contribution < 1.29 is 9.59 Å². The van der Waals surface area contributed by atoms with Crippen LogP contribution in [0.4, 0.5) is 10.5 Å². The molecule has 0 saturated carbocycles. The van der Waals surface area contributed by atoms with Gasteiger partial charge in [0.2, 0.25) is 0 Å². The van der Waals surface area contributed by atoms with Crippen LogP contribution in [0.25, 0.3) is 0 Å². The zero-order chi connectivity index (χ0) is 15.2. The molecule has 4 N–H and O–H groups in total. The minimum absolute atomic E-state index is 0.192. The molecule has 0 aliphatic carbocycles. The first-order chi connectivity index (χ1) is 10.0. The number of nitrogens with one attached hydrogen (secondary N) is 2. The fourth-order valence-electron chi connectivity index (χ4n) is 1.73. The third-order valence-corrected chi connectivity index (χ3v) is 3.26. The first-order valence-corrected chi connectivity index (χ1v) is 7.03. The summed E-state index contributed by atoms with van der Waals surface area (Å²) in [5.41, 5.74) is 7.12. The monoisotopic (exact) mass is 347 g/mol. The minimum Gasteiger partial charge on any atom is -0.352 e. The maximum Gasteiger partial charge on any atom is 0.312 e. The molecule has 0 saturated heterocycles. The van der Waals surface area contributed by atoms with E-state index >= 15 is 0 Å². The van der Waals surface area contributed by atoms with Gasteiger partial charge in [-0.3, -0.25) is 4.79 Å². The molecule has 5 nitrogen and oxygen atoms in total. The molecule has 0 atom stereocenters. The molecule has 0 unspecified atom stereocenters. The van der Waals surface area contributed by atoms with Crippen molar-refractivity contribution in [1.82, 2.24) is 5.32 Å². The Balaban J connectivity index is 2.01. The quantitative estimate of drug-likeness (QED) is 0.794. The molecular formula is C15H14BrN3O2. The molecule has 0 aliphatic heterocycles. The van der Waals surface area contributed by atoms with E-state index in [4.69, 9.17) is 5.73 Å². The van der Waals surface area contributed by atoms with Crippen molar-refractivity contribution in [3.63, 3.8) is 0 Å². The average Bonchev–Trinajstić information content (AvgIpc) is 2.45. The number of anilines is 1. The summed E-state index contributed by atoms with van der Waals surface area (Å²) in [5, 5.41) is 5.30. The lowest BCUT2D eigenvalue weighted by Gasteiger charge is -2.07. The number of primary amides is 1. The summed E-state index contributed by atoms with van der Waals surface area (Å²) in [6.07, 6.45) is 0. The molecule has 0 fully saturated rings. The van der Waals surface area contributed by atoms with Crippen LogP contribution in [0.2, 0.25) is 0 Å². The predicted molar refractivity (Wildman–Crippen MR) is 85.0 cm³/mol. The summed E-state index contributed by atoms with van der Waals surface area (Å²) in [5.74, 6) is -0.192. The Hall–Kier alpha value is -2.34. The second kappa shape index (κ2) is 6.90. The molecule has 2 aromatic carbocycles. The molecule has 108 valence electrons. The lowest BCUT2D eigenvalue weighted by Crippen LogP contribution is -2.28. The molecule has 0 aromatic heterocycles. The van der Waals surface area contributed by atoms with Gasteiger partial charge in [0.15, 0.2) is 0 Å². The first-order valence-electron chi connectivity index (χ1n) is 6.24. The highest BCUT2D eigenvalue weighted by Crippen LogP contribution is 2.16. The van der Waals surface area contributed by atoms with Crippen LogP contribution in [-0.4, -0.2) is 11.9 Å². The van der Waals surface area contributed by atoms with Crippen molar-refractivity contribution in [3.05, 3.63) is 64.1 Å². The Morgan fingerprint density at radius 3 is 2.43 bits per heavy atom. The van der Waals surface area contributed by atoms with Gasteiger partial charge in [-0.15, -0.1) is 0 Å². The summed E-state index contributed by atoms with van der Waals surface area (Å²) < 4.78 is 0.896. The van der Waals surface area contributed by atoms with Gasteiger partial charge in [-0.1, -0.05) is 34.1 Å². The largest absolute Gasteiger partial charge is 0.352 e. The van der Waals surface area contributed by atoms with Crippen LogP contribution in [0.3, 0.4) is 0 Å². The fourth-order valence-corrected chi connectivity index (χ4v) is 2.13. The van der Waals surface area contributed by atoms with E-state index in [1.165, 1.54) is 0 Å². The zero-order valence-corrected chi connectivity index (χ0v) is 12.7. The standard InChI is InChI=1S/C15H14BrN3O2/c16-12-2-1-3-13(8-12)19-14(20)11-6-4-10(5-7-11)9-18-15(17)21/h1-8H,9H2,(H,19,20)(H3,17,18,21). The molecular weight excluding hydrogens is 334 g/mol. The van der Waals surface area contributed by atoms with Crippen LogP contribution >= 0.6 is 15.9 Å². The zero-order valence-electron chi connectivity index (χ0n) is 11.1. The number of nitrogens with two attached hydrogens (primary N) is 1. The van der Waals surface area contributed by atoms with Crippen LogP contribution < -0.4 is 16.4 Å². The topological polar surface area (TPSA) is 84.2 Å². The molecule has 3 amide bonds. The number of urea groups is 1. The van der Waals surface area contributed by atoms with Crippen LogP contribution in [-0.2, 0) is 6.54 Å². The van der Waals surface area contributed by atoms with Gasteiger partial charge in [0.25, 0.3) is 5.91 Å². The van der Waals surface area contributed by atoms with E-state index in [0.717, 1.165) is 10.0 Å². The number of carbonyl (C=O) groups excluding carboxylic acids is 2. The molecule has 2 aromatic rings. The number of rotatable bonds is 4. The van der Waals surface area contributed by atoms with Crippen molar-refractivity contribution >= 4 is 33.6 Å². The Morgan fingerprint density at radius 1 is 1.10 bits per heavy atom. The smallest absolute Gasteiger partial charge is 0.312 e. The lowest BCUT2D eigenvalue weighted by molar-refractivity contribution is 0.102. The number of hydrogen-bond acceptors (Lipinski definition) is 2. The molecule has 0 heterocycles. The van der Waals surface area contributed by atoms with Crippen molar-refractivity contribution in [2.75, 3.05) is 5.32 Å². The first kappa shape index (κ1) is 15.1. The number of halogens is 1. The van der Waals surface area contributed by atoms with Gasteiger partial charge in [0, 0.05) is 22.3 Å². The van der Waals surface area contributed by atoms with E-state index in [-0.39, 0.29) is 5.91 Å². The van der Waals surface area contributed by atoms with Gasteiger partial charge in [0.05, 0.1) is 0 Å². The number of carbonyl (C=O) groups is 2. The van der Waals surface area contributed by atoms with Gasteiger partial charge in [-0.25, -0.2) is 4.79 Å². The van der Waals surface area contributed by atoms with E-state index in [9.17, 15) is 9.59 Å². The third-order valence-electron chi connectivity index (χ3n) is 2.77. The number of benzene rings is 2. The second-order valence-corrected chi connectivity index (χ2v) is 5.29. The molecule has 0 spiro atoms. The van der Waals surface area contributed by atoms with E-state index in [2.05, 4.69) is 26.6 Å². The maximum absolute atomic E-state index is 12.1. The van der Waals surface area contributed by atoms with Gasteiger partial charge in [-0.2, -0.15) is 0 Å². The molecule has 0 aliphatic rings. The van der Waals surface area contributed by atoms with Gasteiger partial charge >= 0.3 is 6.03 Å². The Bertz CT molecular complexity index is 656. The molecule has 2 rings (SSSR count). The highest BCUT2D eigenvalue weighted by Gasteiger charge is 2.06. The molecule has 0 radical (unpaired) electrons. The average molecular weight is 348 g/mol. The van der Waals surface area contributed by atoms with Crippen LogP contribution in [0, 0.1) is 0 Å². The van der Waals surface area contributed by atoms with Crippen LogP contribution in [0.1, 0.15) is 15.9 Å². The molecule has 21 heavy (non-hydrogen) atoms. The Morgan fingerprint density at radius 2 is 1.81 bits per heavy atom. The summed E-state index contributed by atoms with van der Waals surface area (Å²) in [7, 11) is 0. The van der Waals surface area contributed by atoms with Gasteiger partial charge in [-0.05, 0) is 35.9 Å². The van der Waals surface area contributed by atoms with Gasteiger partial charge in [0.1, 0.15) is 0 Å². The van der Waals surface area contributed by atoms with Crippen molar-refractivity contribution in [2.24, 2.45) is 5.73 Å². The third kappa shape index (κ3) is 4.61. The fraction of sp³-hybridized carbons (Fsp3) is 0.0667. The van der Waals surface area contributed by atoms with Crippen molar-refractivity contribution in [2.45, 2.75) is 6.54 Å². The van der Waals surface area contributed by atoms with Crippen LogP contribution in [0.5, 0.6) is 0 Å². The summed E-state index contributed by atoms with van der Waals surface area (Å²) >= 11 is 3.35. The van der Waals surface area contributed by atoms with Gasteiger partial charge < -0.3 is 16.4 Å².